The zero-order valence-corrected chi connectivity index (χ0v) is 15.3. The summed E-state index contributed by atoms with van der Waals surface area (Å²) in [4.78, 5) is 29.0. The second kappa shape index (κ2) is 7.56. The van der Waals surface area contributed by atoms with Gasteiger partial charge in [0.25, 0.3) is 5.56 Å². The molecule has 142 valence electrons. The molecule has 0 fully saturated rings. The van der Waals surface area contributed by atoms with Gasteiger partial charge in [-0.25, -0.2) is 4.98 Å². The molecule has 3 aromatic rings. The lowest BCUT2D eigenvalue weighted by molar-refractivity contribution is -0.122. The van der Waals surface area contributed by atoms with E-state index in [1.54, 1.807) is 12.1 Å². The molecule has 1 aliphatic heterocycles. The number of carbonyl (C=O) groups is 1. The minimum absolute atomic E-state index is 0.0928. The first-order valence-corrected chi connectivity index (χ1v) is 8.91. The van der Waals surface area contributed by atoms with Gasteiger partial charge in [-0.3, -0.25) is 14.2 Å². The number of hydrogen-bond donors (Lipinski definition) is 1. The van der Waals surface area contributed by atoms with Crippen LogP contribution in [-0.2, 0) is 11.3 Å². The lowest BCUT2D eigenvalue weighted by Gasteiger charge is -2.15. The van der Waals surface area contributed by atoms with Crippen LogP contribution in [-0.4, -0.2) is 22.3 Å². The Bertz CT molecular complexity index is 1060. The summed E-state index contributed by atoms with van der Waals surface area (Å²) in [7, 11) is 0. The number of hydrogen-bond acceptors (Lipinski definition) is 5. The van der Waals surface area contributed by atoms with Crippen molar-refractivity contribution < 1.29 is 14.3 Å². The van der Waals surface area contributed by atoms with Crippen LogP contribution in [0.4, 0.5) is 0 Å². The Balaban J connectivity index is 1.46. The maximum atomic E-state index is 12.4. The molecule has 0 bridgehead atoms. The average Bonchev–Trinajstić information content (AvgIpc) is 3.18. The van der Waals surface area contributed by atoms with E-state index in [-0.39, 0.29) is 30.8 Å². The molecule has 7 heteroatoms. The van der Waals surface area contributed by atoms with Gasteiger partial charge in [0, 0.05) is 11.6 Å². The molecule has 28 heavy (non-hydrogen) atoms. The monoisotopic (exact) mass is 377 g/mol. The number of benzene rings is 2. The Morgan fingerprint density at radius 3 is 2.71 bits per heavy atom. The zero-order chi connectivity index (χ0) is 19.5. The zero-order valence-electron chi connectivity index (χ0n) is 15.3. The summed E-state index contributed by atoms with van der Waals surface area (Å²) in [5.74, 6) is 1.04. The fourth-order valence-electron chi connectivity index (χ4n) is 3.03. The fraction of sp³-hybridized carbons (Fsp3) is 0.190. The standard InChI is InChI=1S/C21H19N3O4/c1-14(15-5-3-2-4-6-15)23-20(25)11-24-12-22-17(10-21(24)26)16-7-8-18-19(9-16)28-13-27-18/h2-10,12,14H,11,13H2,1H3,(H,23,25). The van der Waals surface area contributed by atoms with Crippen LogP contribution < -0.4 is 20.3 Å². The molecule has 0 radical (unpaired) electrons. The largest absolute Gasteiger partial charge is 0.454 e. The summed E-state index contributed by atoms with van der Waals surface area (Å²) in [5, 5.41) is 2.89. The second-order valence-corrected chi connectivity index (χ2v) is 6.51. The van der Waals surface area contributed by atoms with Gasteiger partial charge in [0.2, 0.25) is 12.7 Å². The summed E-state index contributed by atoms with van der Waals surface area (Å²) < 4.78 is 11.9. The summed E-state index contributed by atoms with van der Waals surface area (Å²) in [6.45, 7) is 1.99. The number of ether oxygens (including phenoxy) is 2. The molecule has 0 spiro atoms. The third-order valence-corrected chi connectivity index (χ3v) is 4.54. The fourth-order valence-corrected chi connectivity index (χ4v) is 3.03. The van der Waals surface area contributed by atoms with E-state index in [4.69, 9.17) is 9.47 Å². The highest BCUT2D eigenvalue weighted by Gasteiger charge is 2.15. The highest BCUT2D eigenvalue weighted by atomic mass is 16.7. The minimum atomic E-state index is -0.301. The van der Waals surface area contributed by atoms with E-state index < -0.39 is 0 Å². The van der Waals surface area contributed by atoms with Gasteiger partial charge in [0.1, 0.15) is 6.54 Å². The van der Waals surface area contributed by atoms with Gasteiger partial charge in [0.15, 0.2) is 11.5 Å². The second-order valence-electron chi connectivity index (χ2n) is 6.51. The van der Waals surface area contributed by atoms with Crippen molar-refractivity contribution in [2.75, 3.05) is 6.79 Å². The van der Waals surface area contributed by atoms with Gasteiger partial charge in [-0.1, -0.05) is 30.3 Å². The van der Waals surface area contributed by atoms with Crippen molar-refractivity contribution in [2.45, 2.75) is 19.5 Å². The van der Waals surface area contributed by atoms with E-state index in [1.165, 1.54) is 17.0 Å². The molecular weight excluding hydrogens is 358 g/mol. The molecule has 1 aromatic heterocycles. The smallest absolute Gasteiger partial charge is 0.254 e. The van der Waals surface area contributed by atoms with E-state index in [9.17, 15) is 9.59 Å². The lowest BCUT2D eigenvalue weighted by Crippen LogP contribution is -2.33. The first kappa shape index (κ1) is 17.8. The molecule has 1 N–H and O–H groups in total. The predicted octanol–water partition coefficient (Wildman–Crippen LogP) is 2.52. The molecule has 0 saturated carbocycles. The van der Waals surface area contributed by atoms with Crippen LogP contribution in [0.2, 0.25) is 0 Å². The van der Waals surface area contributed by atoms with Crippen molar-refractivity contribution in [2.24, 2.45) is 0 Å². The number of rotatable bonds is 5. The van der Waals surface area contributed by atoms with E-state index in [0.29, 0.717) is 17.2 Å². The summed E-state index contributed by atoms with van der Waals surface area (Å²) in [6.07, 6.45) is 1.38. The molecule has 7 nitrogen and oxygen atoms in total. The number of carbonyl (C=O) groups excluding carboxylic acids is 1. The van der Waals surface area contributed by atoms with Gasteiger partial charge in [-0.15, -0.1) is 0 Å². The quantitative estimate of drug-likeness (QED) is 0.739. The first-order valence-electron chi connectivity index (χ1n) is 8.91. The van der Waals surface area contributed by atoms with Crippen molar-refractivity contribution >= 4 is 5.91 Å². The molecule has 1 amide bonds. The van der Waals surface area contributed by atoms with Crippen molar-refractivity contribution in [3.63, 3.8) is 0 Å². The Hall–Kier alpha value is -3.61. The Kier molecular flexibility index (Phi) is 4.80. The van der Waals surface area contributed by atoms with Crippen LogP contribution in [0.3, 0.4) is 0 Å². The SMILES string of the molecule is CC(NC(=O)Cn1cnc(-c2ccc3c(c2)OCO3)cc1=O)c1ccccc1. The Labute approximate surface area is 161 Å². The van der Waals surface area contributed by atoms with Gasteiger partial charge >= 0.3 is 0 Å². The number of amides is 1. The van der Waals surface area contributed by atoms with E-state index in [2.05, 4.69) is 10.3 Å². The summed E-state index contributed by atoms with van der Waals surface area (Å²) in [6, 6.07) is 16.3. The molecule has 0 aliphatic carbocycles. The average molecular weight is 377 g/mol. The summed E-state index contributed by atoms with van der Waals surface area (Å²) in [5.41, 5.74) is 1.96. The summed E-state index contributed by atoms with van der Waals surface area (Å²) >= 11 is 0. The van der Waals surface area contributed by atoms with Crippen LogP contribution in [0, 0.1) is 0 Å². The van der Waals surface area contributed by atoms with Crippen LogP contribution >= 0.6 is 0 Å². The van der Waals surface area contributed by atoms with Gasteiger partial charge < -0.3 is 14.8 Å². The highest BCUT2D eigenvalue weighted by molar-refractivity contribution is 5.76. The molecular formula is C21H19N3O4. The van der Waals surface area contributed by atoms with E-state index in [1.807, 2.05) is 43.3 Å². The highest BCUT2D eigenvalue weighted by Crippen LogP contribution is 2.35. The van der Waals surface area contributed by atoms with Gasteiger partial charge in [0.05, 0.1) is 18.1 Å². The topological polar surface area (TPSA) is 82.5 Å². The van der Waals surface area contributed by atoms with Crippen LogP contribution in [0.25, 0.3) is 11.3 Å². The predicted molar refractivity (Wildman–Crippen MR) is 103 cm³/mol. The molecule has 1 aliphatic rings. The molecule has 0 saturated heterocycles. The van der Waals surface area contributed by atoms with Crippen molar-refractivity contribution in [3.05, 3.63) is 76.8 Å². The number of nitrogens with zero attached hydrogens (tertiary/aromatic N) is 2. The first-order chi connectivity index (χ1) is 13.6. The lowest BCUT2D eigenvalue weighted by atomic mass is 10.1. The molecule has 2 aromatic carbocycles. The van der Waals surface area contributed by atoms with Crippen molar-refractivity contribution in [1.82, 2.24) is 14.9 Å². The normalized spacial score (nSPS) is 13.2. The maximum absolute atomic E-state index is 12.4. The van der Waals surface area contributed by atoms with Gasteiger partial charge in [-0.05, 0) is 30.7 Å². The number of aromatic nitrogens is 2. The Morgan fingerprint density at radius 1 is 1.14 bits per heavy atom. The van der Waals surface area contributed by atoms with Crippen molar-refractivity contribution in [1.29, 1.82) is 0 Å². The number of fused-ring (bicyclic) bond motifs is 1. The molecule has 2 heterocycles. The molecule has 4 rings (SSSR count). The van der Waals surface area contributed by atoms with Crippen LogP contribution in [0.5, 0.6) is 11.5 Å². The van der Waals surface area contributed by atoms with Crippen LogP contribution in [0.1, 0.15) is 18.5 Å². The third kappa shape index (κ3) is 3.73. The molecule has 1 unspecified atom stereocenters. The van der Waals surface area contributed by atoms with Gasteiger partial charge in [-0.2, -0.15) is 0 Å². The minimum Gasteiger partial charge on any atom is -0.454 e. The Morgan fingerprint density at radius 2 is 1.93 bits per heavy atom. The molecule has 1 atom stereocenters. The van der Waals surface area contributed by atoms with Crippen molar-refractivity contribution in [3.8, 4) is 22.8 Å². The number of nitrogens with one attached hydrogen (secondary N) is 1. The van der Waals surface area contributed by atoms with Crippen LogP contribution in [0.15, 0.2) is 65.7 Å². The van der Waals surface area contributed by atoms with E-state index in [0.717, 1.165) is 11.1 Å². The van der Waals surface area contributed by atoms with E-state index >= 15 is 0 Å². The third-order valence-electron chi connectivity index (χ3n) is 4.54. The maximum Gasteiger partial charge on any atom is 0.254 e.